The molecule has 0 bridgehead atoms. The molecule has 8 heteroatoms. The van der Waals surface area contributed by atoms with Crippen LogP contribution in [0.5, 0.6) is 11.5 Å². The minimum Gasteiger partial charge on any atom is -0.870 e. The summed E-state index contributed by atoms with van der Waals surface area (Å²) in [6.07, 6.45) is 1.15. The summed E-state index contributed by atoms with van der Waals surface area (Å²) in [6.45, 7) is 0. The topological polar surface area (TPSA) is 133 Å². The van der Waals surface area contributed by atoms with Crippen LogP contribution in [0.1, 0.15) is 5.56 Å². The number of nitrogens with zero attached hydrogens (tertiary/aromatic N) is 2. The zero-order chi connectivity index (χ0) is 11.3. The summed E-state index contributed by atoms with van der Waals surface area (Å²) in [4.78, 5) is 10.2. The first-order chi connectivity index (χ1) is 7.15. The van der Waals surface area contributed by atoms with Gasteiger partial charge < -0.3 is 26.5 Å². The molecule has 0 saturated carbocycles. The molecule has 0 heterocycles. The van der Waals surface area contributed by atoms with Gasteiger partial charge >= 0.3 is 19.5 Å². The number of primary amides is 1. The Morgan fingerprint density at radius 2 is 2.24 bits per heavy atom. The summed E-state index contributed by atoms with van der Waals surface area (Å²) in [5, 5.41) is 14.8. The average Bonchev–Trinajstić information content (AvgIpc) is 2.20. The van der Waals surface area contributed by atoms with Gasteiger partial charge in [-0.1, -0.05) is 17.9 Å². The summed E-state index contributed by atoms with van der Waals surface area (Å²) in [5.41, 5.74) is 8.05. The van der Waals surface area contributed by atoms with Crippen LogP contribution in [0, 0.1) is 0 Å². The zero-order valence-corrected chi connectivity index (χ0v) is 12.2. The van der Waals surface area contributed by atoms with Crippen LogP contribution in [0.2, 0.25) is 0 Å². The maximum absolute atomic E-state index is 11.5. The predicted molar refractivity (Wildman–Crippen MR) is 56.6 cm³/mol. The van der Waals surface area contributed by atoms with Gasteiger partial charge in [-0.15, -0.1) is 0 Å². The second-order valence-electron chi connectivity index (χ2n) is 2.56. The first kappa shape index (κ1) is 17.7. The molecule has 0 aromatic heterocycles. The standard InChI is InChI=1S/C9H11N3O3.H2O.Zn/c1-15-7-4-2-3-6(8(7)13)5-11-12-9(10)14;;/h2-5H,1H3,(H4,10,11,12,13,14);1H2;/q;;+2/p-2. The van der Waals surface area contributed by atoms with E-state index in [0.717, 1.165) is 6.21 Å². The Labute approximate surface area is 111 Å². The second kappa shape index (κ2) is 8.49. The molecule has 88 valence electrons. The van der Waals surface area contributed by atoms with Crippen molar-refractivity contribution in [3.63, 3.8) is 0 Å². The van der Waals surface area contributed by atoms with Gasteiger partial charge in [-0.05, 0) is 11.6 Å². The quantitative estimate of drug-likeness (QED) is 0.466. The summed E-state index contributed by atoms with van der Waals surface area (Å²) in [6, 6.07) is 3.78. The van der Waals surface area contributed by atoms with E-state index in [9.17, 15) is 9.90 Å². The van der Waals surface area contributed by atoms with Gasteiger partial charge in [0, 0.05) is 6.21 Å². The van der Waals surface area contributed by atoms with E-state index in [2.05, 4.69) is 10.5 Å². The van der Waals surface area contributed by atoms with Gasteiger partial charge in [-0.25, -0.2) is 0 Å². The Hall–Kier alpha value is -1.66. The van der Waals surface area contributed by atoms with Gasteiger partial charge in [0.25, 0.3) is 0 Å². The third-order valence-corrected chi connectivity index (χ3v) is 1.58. The predicted octanol–water partition coefficient (Wildman–Crippen LogP) is -0.272. The molecule has 0 unspecified atom stereocenters. The molecule has 0 saturated heterocycles. The van der Waals surface area contributed by atoms with E-state index in [0.29, 0.717) is 0 Å². The van der Waals surface area contributed by atoms with E-state index in [1.54, 1.807) is 6.07 Å². The summed E-state index contributed by atoms with van der Waals surface area (Å²) < 4.78 is 4.82. The van der Waals surface area contributed by atoms with E-state index in [1.165, 1.54) is 19.2 Å². The third-order valence-electron chi connectivity index (χ3n) is 1.58. The molecule has 0 radical (unpaired) electrons. The molecule has 0 spiro atoms. The maximum atomic E-state index is 11.5. The molecule has 0 fully saturated rings. The smallest absolute Gasteiger partial charge is 0.870 e. The number of carbonyl (C=O) groups is 1. The van der Waals surface area contributed by atoms with Crippen LogP contribution in [0.25, 0.3) is 5.43 Å². The SMILES string of the molecule is COc1cccc(C=N[N-]C(N)=O)c1[O-].O.[Zn+2]. The van der Waals surface area contributed by atoms with Crippen molar-refractivity contribution in [2.45, 2.75) is 0 Å². The third kappa shape index (κ3) is 5.28. The number of hydrogen-bond acceptors (Lipinski definition) is 4. The van der Waals surface area contributed by atoms with Crippen LogP contribution < -0.4 is 15.6 Å². The molecule has 4 N–H and O–H groups in total. The largest absolute Gasteiger partial charge is 2.00 e. The van der Waals surface area contributed by atoms with E-state index in [4.69, 9.17) is 10.5 Å². The first-order valence-corrected chi connectivity index (χ1v) is 4.02. The Morgan fingerprint density at radius 3 is 2.76 bits per heavy atom. The van der Waals surface area contributed by atoms with Gasteiger partial charge in [0.1, 0.15) is 5.75 Å². The van der Waals surface area contributed by atoms with Crippen molar-refractivity contribution in [3.05, 3.63) is 29.2 Å². The number of methoxy groups -OCH3 is 1. The molecule has 7 nitrogen and oxygen atoms in total. The molecule has 0 aliphatic carbocycles. The van der Waals surface area contributed by atoms with Crippen LogP contribution >= 0.6 is 0 Å². The number of nitrogens with two attached hydrogens (primary N) is 1. The Kier molecular flexibility index (Phi) is 8.85. The normalized spacial score (nSPS) is 9.00. The van der Waals surface area contributed by atoms with Crippen molar-refractivity contribution in [2.24, 2.45) is 10.8 Å². The van der Waals surface area contributed by atoms with Crippen molar-refractivity contribution in [1.82, 2.24) is 0 Å². The van der Waals surface area contributed by atoms with Gasteiger partial charge in [-0.3, -0.25) is 9.90 Å². The maximum Gasteiger partial charge on any atom is 2.00 e. The zero-order valence-electron chi connectivity index (χ0n) is 9.21. The number of urea groups is 1. The fraction of sp³-hybridized carbons (Fsp3) is 0.111. The number of amides is 2. The van der Waals surface area contributed by atoms with Gasteiger partial charge in [0.05, 0.1) is 7.11 Å². The van der Waals surface area contributed by atoms with Crippen LogP contribution in [-0.2, 0) is 19.5 Å². The summed E-state index contributed by atoms with van der Waals surface area (Å²) >= 11 is 0. The van der Waals surface area contributed by atoms with Gasteiger partial charge in [0.15, 0.2) is 6.03 Å². The molecule has 2 amide bonds. The molecule has 17 heavy (non-hydrogen) atoms. The monoisotopic (exact) mass is 289 g/mol. The van der Waals surface area contributed by atoms with Crippen LogP contribution in [-0.4, -0.2) is 24.8 Å². The number of hydrogen-bond donors (Lipinski definition) is 1. The Bertz CT molecular complexity index is 398. The molecular formula is C9H11N3O4Zn. The van der Waals surface area contributed by atoms with Crippen molar-refractivity contribution >= 4 is 12.2 Å². The van der Waals surface area contributed by atoms with Crippen LogP contribution in [0.15, 0.2) is 23.3 Å². The summed E-state index contributed by atoms with van der Waals surface area (Å²) in [7, 11) is 1.39. The Morgan fingerprint density at radius 1 is 1.59 bits per heavy atom. The second-order valence-corrected chi connectivity index (χ2v) is 2.56. The average molecular weight is 291 g/mol. The van der Waals surface area contributed by atoms with Crippen molar-refractivity contribution < 1.29 is 39.6 Å². The van der Waals surface area contributed by atoms with E-state index >= 15 is 0 Å². The minimum atomic E-state index is -0.915. The number of ether oxygens (including phenoxy) is 1. The molecule has 0 aliphatic heterocycles. The summed E-state index contributed by atoms with van der Waals surface area (Å²) in [5.74, 6) is -0.110. The first-order valence-electron chi connectivity index (χ1n) is 4.02. The van der Waals surface area contributed by atoms with Crippen LogP contribution in [0.3, 0.4) is 0 Å². The molecule has 1 aromatic rings. The molecular weight excluding hydrogens is 280 g/mol. The number of para-hydroxylation sites is 1. The number of rotatable bonds is 3. The Balaban J connectivity index is 0. The molecule has 0 aliphatic rings. The van der Waals surface area contributed by atoms with Crippen molar-refractivity contribution in [1.29, 1.82) is 0 Å². The number of carbonyl (C=O) groups excluding carboxylic acids is 1. The number of benzene rings is 1. The molecule has 1 aromatic carbocycles. The van der Waals surface area contributed by atoms with Gasteiger partial charge in [0.2, 0.25) is 0 Å². The fourth-order valence-corrected chi connectivity index (χ4v) is 0.943. The van der Waals surface area contributed by atoms with Gasteiger partial charge in [-0.2, -0.15) is 0 Å². The van der Waals surface area contributed by atoms with Crippen molar-refractivity contribution in [2.75, 3.05) is 7.11 Å². The molecule has 0 atom stereocenters. The van der Waals surface area contributed by atoms with Crippen molar-refractivity contribution in [3.8, 4) is 11.5 Å². The van der Waals surface area contributed by atoms with E-state index in [1.807, 2.05) is 0 Å². The van der Waals surface area contributed by atoms with E-state index < -0.39 is 6.03 Å². The van der Waals surface area contributed by atoms with E-state index in [-0.39, 0.29) is 42.0 Å². The minimum absolute atomic E-state index is 0. The molecule has 1 rings (SSSR count). The fourth-order valence-electron chi connectivity index (χ4n) is 0.943. The van der Waals surface area contributed by atoms with Crippen LogP contribution in [0.4, 0.5) is 4.79 Å².